The summed E-state index contributed by atoms with van der Waals surface area (Å²) in [5, 5.41) is 25.6. The molecule has 0 heterocycles. The van der Waals surface area contributed by atoms with E-state index in [2.05, 4.69) is 0 Å². The summed E-state index contributed by atoms with van der Waals surface area (Å²) in [6.45, 7) is 0. The average Bonchev–Trinajstić information content (AvgIpc) is 2.60. The standard InChI is InChI=1S/C21H18O3/c1-24-19-13-15-8-3-5-11-17(15)20(21(19,22)23)18-12-6-9-14-7-2-4-10-16(14)18/h2-13,19,22-23H,1H3. The number of hydrogen-bond donors (Lipinski definition) is 2. The maximum absolute atomic E-state index is 10.9. The molecule has 1 unspecified atom stereocenters. The Bertz CT molecular complexity index is 1030. The van der Waals surface area contributed by atoms with Crippen LogP contribution in [0.5, 0.6) is 0 Å². The lowest BCUT2D eigenvalue weighted by atomic mass is 9.84. The first-order valence-electron chi connectivity index (χ1n) is 7.90. The Hall–Kier alpha value is -2.46. The fraction of sp³-hybridized carbons (Fsp3) is 0.143. The van der Waals surface area contributed by atoms with Crippen molar-refractivity contribution in [2.45, 2.75) is 11.9 Å². The lowest BCUT2D eigenvalue weighted by molar-refractivity contribution is -0.169. The summed E-state index contributed by atoms with van der Waals surface area (Å²) in [7, 11) is 1.48. The molecular formula is C21H18O3. The third-order valence-electron chi connectivity index (χ3n) is 4.64. The molecule has 3 nitrogen and oxygen atoms in total. The van der Waals surface area contributed by atoms with E-state index >= 15 is 0 Å². The summed E-state index contributed by atoms with van der Waals surface area (Å²) in [6, 6.07) is 21.5. The molecule has 0 saturated carbocycles. The fourth-order valence-electron chi connectivity index (χ4n) is 3.51. The lowest BCUT2D eigenvalue weighted by Gasteiger charge is -2.34. The van der Waals surface area contributed by atoms with Crippen molar-refractivity contribution in [1.82, 2.24) is 0 Å². The van der Waals surface area contributed by atoms with Crippen LogP contribution in [0.1, 0.15) is 5.56 Å². The first kappa shape index (κ1) is 15.1. The molecule has 24 heavy (non-hydrogen) atoms. The van der Waals surface area contributed by atoms with Gasteiger partial charge in [-0.25, -0.2) is 0 Å². The second-order valence-corrected chi connectivity index (χ2v) is 6.04. The first-order chi connectivity index (χ1) is 11.6. The Morgan fingerprint density at radius 1 is 0.875 bits per heavy atom. The molecule has 0 fully saturated rings. The van der Waals surface area contributed by atoms with Crippen LogP contribution in [0.4, 0.5) is 0 Å². The van der Waals surface area contributed by atoms with Crippen LogP contribution in [0, 0.1) is 0 Å². The van der Waals surface area contributed by atoms with Gasteiger partial charge in [-0.15, -0.1) is 0 Å². The van der Waals surface area contributed by atoms with Crippen molar-refractivity contribution < 1.29 is 14.9 Å². The number of benzene rings is 3. The second-order valence-electron chi connectivity index (χ2n) is 6.04. The molecule has 1 aliphatic carbocycles. The maximum atomic E-state index is 10.9. The molecule has 0 aliphatic heterocycles. The molecule has 0 spiro atoms. The minimum Gasteiger partial charge on any atom is -0.371 e. The molecule has 120 valence electrons. The van der Waals surface area contributed by atoms with Crippen molar-refractivity contribution in [3.63, 3.8) is 0 Å². The van der Waals surface area contributed by atoms with Crippen LogP contribution in [-0.2, 0) is 4.74 Å². The predicted octanol–water partition coefficient (Wildman–Crippen LogP) is 1.53. The van der Waals surface area contributed by atoms with Gasteiger partial charge in [0.25, 0.3) is 0 Å². The molecule has 0 radical (unpaired) electrons. The van der Waals surface area contributed by atoms with Crippen molar-refractivity contribution in [3.8, 4) is 0 Å². The van der Waals surface area contributed by atoms with Crippen molar-refractivity contribution in [2.75, 3.05) is 7.11 Å². The molecule has 0 saturated heterocycles. The highest BCUT2D eigenvalue weighted by atomic mass is 16.6. The summed E-state index contributed by atoms with van der Waals surface area (Å²) in [5.41, 5.74) is 1.28. The molecule has 0 bridgehead atoms. The molecular weight excluding hydrogens is 300 g/mol. The van der Waals surface area contributed by atoms with Gasteiger partial charge in [-0.1, -0.05) is 66.7 Å². The highest BCUT2D eigenvalue weighted by Crippen LogP contribution is 2.33. The largest absolute Gasteiger partial charge is 0.371 e. The zero-order valence-electron chi connectivity index (χ0n) is 13.3. The Morgan fingerprint density at radius 2 is 1.58 bits per heavy atom. The molecule has 4 rings (SSSR count). The van der Waals surface area contributed by atoms with E-state index in [1.807, 2.05) is 66.7 Å². The quantitative estimate of drug-likeness (QED) is 0.705. The Balaban J connectivity index is 2.17. The summed E-state index contributed by atoms with van der Waals surface area (Å²) < 4.78 is 5.35. The first-order valence-corrected chi connectivity index (χ1v) is 7.90. The smallest absolute Gasteiger partial charge is 0.222 e. The fourth-order valence-corrected chi connectivity index (χ4v) is 3.51. The lowest BCUT2D eigenvalue weighted by Crippen LogP contribution is -2.52. The Labute approximate surface area is 139 Å². The molecule has 0 aromatic heterocycles. The van der Waals surface area contributed by atoms with Crippen LogP contribution in [0.3, 0.4) is 0 Å². The minimum atomic E-state index is -2.10. The van der Waals surface area contributed by atoms with Crippen LogP contribution in [0.2, 0.25) is 0 Å². The number of fused-ring (bicyclic) bond motifs is 2. The van der Waals surface area contributed by atoms with E-state index in [-0.39, 0.29) is 0 Å². The van der Waals surface area contributed by atoms with Crippen molar-refractivity contribution >= 4 is 22.4 Å². The highest BCUT2D eigenvalue weighted by molar-refractivity contribution is 5.95. The molecule has 1 atom stereocenters. The molecule has 1 aliphatic rings. The van der Waals surface area contributed by atoms with Crippen LogP contribution in [0.15, 0.2) is 66.7 Å². The number of aliphatic hydroxyl groups is 2. The van der Waals surface area contributed by atoms with E-state index in [4.69, 9.17) is 4.74 Å². The van der Waals surface area contributed by atoms with E-state index in [1.54, 1.807) is 6.08 Å². The van der Waals surface area contributed by atoms with Gasteiger partial charge in [0, 0.05) is 12.7 Å². The monoisotopic (exact) mass is 318 g/mol. The van der Waals surface area contributed by atoms with E-state index in [9.17, 15) is 10.2 Å². The summed E-state index contributed by atoms with van der Waals surface area (Å²) in [4.78, 5) is 0. The van der Waals surface area contributed by atoms with Gasteiger partial charge in [-0.2, -0.15) is 0 Å². The zero-order chi connectivity index (χ0) is 16.7. The van der Waals surface area contributed by atoms with E-state index in [0.717, 1.165) is 26.8 Å². The van der Waals surface area contributed by atoms with Crippen molar-refractivity contribution in [3.05, 3.63) is 82.7 Å². The van der Waals surface area contributed by atoms with Crippen LogP contribution in [0.25, 0.3) is 22.4 Å². The van der Waals surface area contributed by atoms with Crippen molar-refractivity contribution in [1.29, 1.82) is 0 Å². The van der Waals surface area contributed by atoms with E-state index in [1.165, 1.54) is 7.11 Å². The molecule has 2 N–H and O–H groups in total. The van der Waals surface area contributed by atoms with E-state index in [0.29, 0.717) is 5.57 Å². The minimum absolute atomic E-state index is 0.476. The van der Waals surface area contributed by atoms with Gasteiger partial charge in [0.2, 0.25) is 5.79 Å². The predicted molar refractivity (Wildman–Crippen MR) is 94.6 cm³/mol. The van der Waals surface area contributed by atoms with Gasteiger partial charge in [0.05, 0.1) is 0 Å². The normalized spacial score (nSPS) is 19.0. The van der Waals surface area contributed by atoms with Gasteiger partial charge in [0.15, 0.2) is 0 Å². The van der Waals surface area contributed by atoms with Gasteiger partial charge in [0.1, 0.15) is 6.10 Å². The summed E-state index contributed by atoms with van der Waals surface area (Å²) in [5.74, 6) is -2.10. The van der Waals surface area contributed by atoms with Gasteiger partial charge >= 0.3 is 0 Å². The number of ether oxygens (including phenoxy) is 1. The highest BCUT2D eigenvalue weighted by Gasteiger charge is 2.41. The van der Waals surface area contributed by atoms with E-state index < -0.39 is 11.9 Å². The molecule has 3 heteroatoms. The van der Waals surface area contributed by atoms with Crippen LogP contribution < -0.4 is 10.4 Å². The van der Waals surface area contributed by atoms with Gasteiger partial charge in [-0.3, -0.25) is 0 Å². The Kier molecular flexibility index (Phi) is 3.50. The number of methoxy groups -OCH3 is 1. The third-order valence-corrected chi connectivity index (χ3v) is 4.64. The summed E-state index contributed by atoms with van der Waals surface area (Å²) >= 11 is 0. The van der Waals surface area contributed by atoms with Crippen LogP contribution in [-0.4, -0.2) is 29.2 Å². The SMILES string of the molecule is COC1C=c2ccccc2=C(c2cccc3ccccc23)C1(O)O. The van der Waals surface area contributed by atoms with Crippen molar-refractivity contribution in [2.24, 2.45) is 0 Å². The third kappa shape index (κ3) is 2.18. The van der Waals surface area contributed by atoms with Crippen LogP contribution >= 0.6 is 0 Å². The van der Waals surface area contributed by atoms with Gasteiger partial charge < -0.3 is 14.9 Å². The molecule has 3 aromatic rings. The van der Waals surface area contributed by atoms with Gasteiger partial charge in [-0.05, 0) is 32.8 Å². The topological polar surface area (TPSA) is 49.7 Å². The zero-order valence-corrected chi connectivity index (χ0v) is 13.3. The average molecular weight is 318 g/mol. The molecule has 3 aromatic carbocycles. The summed E-state index contributed by atoms with van der Waals surface area (Å²) in [6.07, 6.45) is 0.922. The number of hydrogen-bond acceptors (Lipinski definition) is 3. The Morgan fingerprint density at radius 3 is 2.42 bits per heavy atom. The molecule has 0 amide bonds. The second kappa shape index (κ2) is 5.56. The maximum Gasteiger partial charge on any atom is 0.222 e. The number of rotatable bonds is 2.